The predicted molar refractivity (Wildman–Crippen MR) is 58.6 cm³/mol. The van der Waals surface area contributed by atoms with E-state index in [1.54, 1.807) is 6.20 Å². The molecule has 1 aromatic heterocycles. The van der Waals surface area contributed by atoms with Gasteiger partial charge in [0.15, 0.2) is 0 Å². The number of rotatable bonds is 4. The van der Waals surface area contributed by atoms with Gasteiger partial charge in [-0.25, -0.2) is 0 Å². The first-order chi connectivity index (χ1) is 7.00. The summed E-state index contributed by atoms with van der Waals surface area (Å²) >= 11 is 0. The van der Waals surface area contributed by atoms with E-state index in [9.17, 15) is 4.79 Å². The first kappa shape index (κ1) is 11.9. The molecule has 0 spiro atoms. The summed E-state index contributed by atoms with van der Waals surface area (Å²) in [6.45, 7) is 8.28. The Labute approximate surface area is 90.7 Å². The van der Waals surface area contributed by atoms with Gasteiger partial charge in [0, 0.05) is 6.42 Å². The average Bonchev–Trinajstić information content (AvgIpc) is 2.49. The summed E-state index contributed by atoms with van der Waals surface area (Å²) in [5, 5.41) is 7.64. The fourth-order valence-electron chi connectivity index (χ4n) is 1.46. The molecule has 0 aliphatic carbocycles. The molecule has 4 nitrogen and oxygen atoms in total. The van der Waals surface area contributed by atoms with Crippen molar-refractivity contribution < 1.29 is 4.79 Å². The summed E-state index contributed by atoms with van der Waals surface area (Å²) in [6, 6.07) is 0. The number of hydrogen-bond donors (Lipinski definition) is 0. The Morgan fingerprint density at radius 3 is 2.53 bits per heavy atom. The van der Waals surface area contributed by atoms with E-state index in [1.807, 2.05) is 13.8 Å². The van der Waals surface area contributed by atoms with Crippen LogP contribution >= 0.6 is 0 Å². The van der Waals surface area contributed by atoms with E-state index in [4.69, 9.17) is 0 Å². The standard InChI is InChI=1S/C11H19N3O/c1-8(2)5-10-7-12-13-14(10)11(15)6-9(3)4/h7-9H,5-6H2,1-4H3. The maximum Gasteiger partial charge on any atom is 0.248 e. The van der Waals surface area contributed by atoms with Gasteiger partial charge in [-0.05, 0) is 18.3 Å². The van der Waals surface area contributed by atoms with Crippen LogP contribution in [0.15, 0.2) is 6.20 Å². The second kappa shape index (κ2) is 5.05. The number of hydrogen-bond acceptors (Lipinski definition) is 3. The monoisotopic (exact) mass is 209 g/mol. The lowest BCUT2D eigenvalue weighted by molar-refractivity contribution is 0.0864. The van der Waals surface area contributed by atoms with Crippen molar-refractivity contribution in [1.29, 1.82) is 0 Å². The fourth-order valence-corrected chi connectivity index (χ4v) is 1.46. The van der Waals surface area contributed by atoms with Gasteiger partial charge in [0.05, 0.1) is 11.9 Å². The van der Waals surface area contributed by atoms with E-state index in [-0.39, 0.29) is 5.91 Å². The summed E-state index contributed by atoms with van der Waals surface area (Å²) in [4.78, 5) is 11.8. The van der Waals surface area contributed by atoms with E-state index < -0.39 is 0 Å². The van der Waals surface area contributed by atoms with Crippen molar-refractivity contribution in [2.24, 2.45) is 11.8 Å². The third-order valence-electron chi connectivity index (χ3n) is 2.06. The van der Waals surface area contributed by atoms with Crippen LogP contribution in [-0.4, -0.2) is 20.9 Å². The van der Waals surface area contributed by atoms with Crippen LogP contribution in [0.5, 0.6) is 0 Å². The zero-order valence-electron chi connectivity index (χ0n) is 9.90. The fraction of sp³-hybridized carbons (Fsp3) is 0.727. The maximum absolute atomic E-state index is 11.8. The molecule has 0 saturated heterocycles. The number of nitrogens with zero attached hydrogens (tertiary/aromatic N) is 3. The lowest BCUT2D eigenvalue weighted by Gasteiger charge is -2.08. The predicted octanol–water partition coefficient (Wildman–Crippen LogP) is 2.16. The molecule has 0 bridgehead atoms. The third-order valence-corrected chi connectivity index (χ3v) is 2.06. The largest absolute Gasteiger partial charge is 0.273 e. The topological polar surface area (TPSA) is 47.8 Å². The lowest BCUT2D eigenvalue weighted by atomic mass is 10.1. The molecule has 84 valence electrons. The first-order valence-electron chi connectivity index (χ1n) is 5.43. The highest BCUT2D eigenvalue weighted by Crippen LogP contribution is 2.09. The molecule has 0 radical (unpaired) electrons. The molecular formula is C11H19N3O. The molecule has 1 rings (SSSR count). The molecule has 0 unspecified atom stereocenters. The van der Waals surface area contributed by atoms with Gasteiger partial charge < -0.3 is 0 Å². The normalized spacial score (nSPS) is 11.3. The van der Waals surface area contributed by atoms with Crippen molar-refractivity contribution >= 4 is 5.91 Å². The van der Waals surface area contributed by atoms with Crippen LogP contribution in [0.2, 0.25) is 0 Å². The first-order valence-corrected chi connectivity index (χ1v) is 5.43. The summed E-state index contributed by atoms with van der Waals surface area (Å²) < 4.78 is 1.44. The van der Waals surface area contributed by atoms with Crippen LogP contribution in [0.25, 0.3) is 0 Å². The van der Waals surface area contributed by atoms with Crippen molar-refractivity contribution in [2.75, 3.05) is 0 Å². The zero-order chi connectivity index (χ0) is 11.4. The second-order valence-corrected chi connectivity index (χ2v) is 4.73. The highest BCUT2D eigenvalue weighted by molar-refractivity contribution is 5.78. The Kier molecular flexibility index (Phi) is 4.00. The Bertz CT molecular complexity index is 328. The van der Waals surface area contributed by atoms with E-state index in [2.05, 4.69) is 24.2 Å². The molecule has 0 aliphatic heterocycles. The van der Waals surface area contributed by atoms with Gasteiger partial charge in [-0.3, -0.25) is 4.79 Å². The van der Waals surface area contributed by atoms with Crippen LogP contribution < -0.4 is 0 Å². The molecule has 15 heavy (non-hydrogen) atoms. The minimum atomic E-state index is 0.0400. The van der Waals surface area contributed by atoms with E-state index >= 15 is 0 Å². The summed E-state index contributed by atoms with van der Waals surface area (Å²) in [6.07, 6.45) is 3.05. The van der Waals surface area contributed by atoms with E-state index in [0.717, 1.165) is 12.1 Å². The smallest absolute Gasteiger partial charge is 0.248 e. The van der Waals surface area contributed by atoms with Gasteiger partial charge in [-0.2, -0.15) is 4.68 Å². The van der Waals surface area contributed by atoms with Crippen LogP contribution in [-0.2, 0) is 6.42 Å². The molecule has 1 heterocycles. The van der Waals surface area contributed by atoms with E-state index in [0.29, 0.717) is 18.3 Å². The zero-order valence-corrected chi connectivity index (χ0v) is 9.90. The number of carbonyl (C=O) groups is 1. The van der Waals surface area contributed by atoms with Gasteiger partial charge in [-0.1, -0.05) is 32.9 Å². The SMILES string of the molecule is CC(C)CC(=O)n1nncc1CC(C)C. The van der Waals surface area contributed by atoms with Gasteiger partial charge in [0.1, 0.15) is 0 Å². The minimum Gasteiger partial charge on any atom is -0.273 e. The average molecular weight is 209 g/mol. The summed E-state index contributed by atoms with van der Waals surface area (Å²) in [7, 11) is 0. The van der Waals surface area contributed by atoms with Gasteiger partial charge in [0.2, 0.25) is 5.91 Å². The van der Waals surface area contributed by atoms with Crippen molar-refractivity contribution in [1.82, 2.24) is 15.0 Å². The number of carbonyl (C=O) groups excluding carboxylic acids is 1. The quantitative estimate of drug-likeness (QED) is 0.763. The molecule has 0 N–H and O–H groups in total. The number of aromatic nitrogens is 3. The Morgan fingerprint density at radius 1 is 1.33 bits per heavy atom. The highest BCUT2D eigenvalue weighted by Gasteiger charge is 2.14. The molecule has 0 aliphatic rings. The molecule has 4 heteroatoms. The van der Waals surface area contributed by atoms with Crippen molar-refractivity contribution in [3.63, 3.8) is 0 Å². The summed E-state index contributed by atoms with van der Waals surface area (Å²) in [5.41, 5.74) is 0.913. The van der Waals surface area contributed by atoms with Gasteiger partial charge in [0.25, 0.3) is 0 Å². The molecule has 0 aromatic carbocycles. The third kappa shape index (κ3) is 3.46. The molecule has 0 saturated carbocycles. The Hall–Kier alpha value is -1.19. The van der Waals surface area contributed by atoms with E-state index in [1.165, 1.54) is 4.68 Å². The molecule has 0 fully saturated rings. The summed E-state index contributed by atoms with van der Waals surface area (Å²) in [5.74, 6) is 0.904. The van der Waals surface area contributed by atoms with Crippen molar-refractivity contribution in [3.8, 4) is 0 Å². The lowest BCUT2D eigenvalue weighted by Crippen LogP contribution is -2.18. The van der Waals surface area contributed by atoms with Crippen molar-refractivity contribution in [2.45, 2.75) is 40.5 Å². The second-order valence-electron chi connectivity index (χ2n) is 4.73. The Morgan fingerprint density at radius 2 is 2.00 bits per heavy atom. The molecule has 1 aromatic rings. The molecule has 0 atom stereocenters. The van der Waals surface area contributed by atoms with Gasteiger partial charge >= 0.3 is 0 Å². The van der Waals surface area contributed by atoms with Crippen LogP contribution in [0.1, 0.15) is 44.6 Å². The van der Waals surface area contributed by atoms with Crippen LogP contribution in [0.4, 0.5) is 0 Å². The molecule has 0 amide bonds. The maximum atomic E-state index is 11.8. The minimum absolute atomic E-state index is 0.0400. The van der Waals surface area contributed by atoms with Gasteiger partial charge in [-0.15, -0.1) is 5.10 Å². The van der Waals surface area contributed by atoms with Crippen LogP contribution in [0, 0.1) is 11.8 Å². The van der Waals surface area contributed by atoms with Crippen LogP contribution in [0.3, 0.4) is 0 Å². The Balaban J connectivity index is 2.76. The molecular weight excluding hydrogens is 190 g/mol. The van der Waals surface area contributed by atoms with Crippen molar-refractivity contribution in [3.05, 3.63) is 11.9 Å². The highest BCUT2D eigenvalue weighted by atomic mass is 16.2.